The summed E-state index contributed by atoms with van der Waals surface area (Å²) < 4.78 is 39.4. The molecule has 0 amide bonds. The molecule has 1 rings (SSSR count). The molecule has 1 aromatic heterocycles. The molecule has 102 valence electrons. The van der Waals surface area contributed by atoms with Gasteiger partial charge in [0.25, 0.3) is 0 Å². The number of allylic oxidation sites excluding steroid dienone is 1. The van der Waals surface area contributed by atoms with Crippen LogP contribution in [0.3, 0.4) is 0 Å². The van der Waals surface area contributed by atoms with Crippen molar-refractivity contribution in [3.63, 3.8) is 0 Å². The second-order valence-electron chi connectivity index (χ2n) is 4.43. The molecular weight excluding hydrogens is 241 g/mol. The van der Waals surface area contributed by atoms with Gasteiger partial charge in [-0.25, -0.2) is 9.13 Å². The third-order valence-corrected chi connectivity index (χ3v) is 2.68. The summed E-state index contributed by atoms with van der Waals surface area (Å²) in [5.74, 6) is 0. The molecule has 0 atom stereocenters. The second kappa shape index (κ2) is 7.24. The Morgan fingerprint density at radius 3 is 2.56 bits per heavy atom. The number of alkyl halides is 3. The Kier molecular flexibility index (Phi) is 5.95. The number of aryl methyl sites for hydroxylation is 1. The topological polar surface area (TPSA) is 8.81 Å². The van der Waals surface area contributed by atoms with Crippen LogP contribution < -0.4 is 4.57 Å². The Bertz CT molecular complexity index is 355. The fourth-order valence-corrected chi connectivity index (χ4v) is 1.81. The minimum atomic E-state index is -4.15. The lowest BCUT2D eigenvalue weighted by atomic mass is 10.1. The highest BCUT2D eigenvalue weighted by Crippen LogP contribution is 2.13. The summed E-state index contributed by atoms with van der Waals surface area (Å²) in [6.07, 6.45) is 7.85. The van der Waals surface area contributed by atoms with Crippen LogP contribution in [-0.2, 0) is 13.1 Å². The Morgan fingerprint density at radius 2 is 1.89 bits per heavy atom. The first-order valence-corrected chi connectivity index (χ1v) is 6.24. The first-order chi connectivity index (χ1) is 8.51. The average Bonchev–Trinajstić information content (AvgIpc) is 2.68. The molecule has 0 saturated carbocycles. The van der Waals surface area contributed by atoms with E-state index in [-0.39, 0.29) is 0 Å². The summed E-state index contributed by atoms with van der Waals surface area (Å²) in [6.45, 7) is 3.52. The number of hydrogen-bond donors (Lipinski definition) is 0. The van der Waals surface area contributed by atoms with E-state index in [4.69, 9.17) is 0 Å². The van der Waals surface area contributed by atoms with Gasteiger partial charge in [0, 0.05) is 0 Å². The van der Waals surface area contributed by atoms with Gasteiger partial charge in [-0.15, -0.1) is 6.58 Å². The summed E-state index contributed by atoms with van der Waals surface area (Å²) in [4.78, 5) is 0. The van der Waals surface area contributed by atoms with E-state index in [1.54, 1.807) is 10.8 Å². The molecule has 0 bridgehead atoms. The zero-order valence-corrected chi connectivity index (χ0v) is 10.5. The smallest absolute Gasteiger partial charge is 0.237 e. The molecule has 0 aromatic carbocycles. The van der Waals surface area contributed by atoms with E-state index in [1.807, 2.05) is 6.08 Å². The number of rotatable bonds is 8. The predicted octanol–water partition coefficient (Wildman–Crippen LogP) is 3.47. The standard InChI is InChI=1S/C13H20F3N2/c1-2-3-4-5-6-7-8-17-9-10-18(12-17)11-13(14,15)16/h2,9-10,12H,1,3-8,11H2/q+1. The summed E-state index contributed by atoms with van der Waals surface area (Å²) in [7, 11) is 0. The van der Waals surface area contributed by atoms with Gasteiger partial charge in [-0.05, 0) is 25.7 Å². The molecule has 0 N–H and O–H groups in total. The Hall–Kier alpha value is -1.26. The van der Waals surface area contributed by atoms with Crippen molar-refractivity contribution in [2.24, 2.45) is 0 Å². The van der Waals surface area contributed by atoms with Crippen molar-refractivity contribution in [1.82, 2.24) is 4.57 Å². The van der Waals surface area contributed by atoms with Crippen LogP contribution in [0.15, 0.2) is 31.4 Å². The van der Waals surface area contributed by atoms with Gasteiger partial charge in [0.05, 0.1) is 6.54 Å². The van der Waals surface area contributed by atoms with E-state index in [0.29, 0.717) is 0 Å². The molecule has 5 heteroatoms. The molecule has 0 aliphatic heterocycles. The largest absolute Gasteiger partial charge is 0.426 e. The van der Waals surface area contributed by atoms with Crippen molar-refractivity contribution in [2.75, 3.05) is 0 Å². The van der Waals surface area contributed by atoms with Crippen molar-refractivity contribution in [1.29, 1.82) is 0 Å². The number of unbranched alkanes of at least 4 members (excludes halogenated alkanes) is 4. The molecule has 2 nitrogen and oxygen atoms in total. The van der Waals surface area contributed by atoms with Gasteiger partial charge in [-0.1, -0.05) is 12.5 Å². The van der Waals surface area contributed by atoms with Crippen molar-refractivity contribution >= 4 is 0 Å². The zero-order chi connectivity index (χ0) is 13.4. The van der Waals surface area contributed by atoms with Crippen molar-refractivity contribution in [3.05, 3.63) is 31.4 Å². The van der Waals surface area contributed by atoms with Crippen LogP contribution in [-0.4, -0.2) is 10.7 Å². The van der Waals surface area contributed by atoms with Crippen molar-refractivity contribution in [2.45, 2.75) is 51.4 Å². The fraction of sp³-hybridized carbons (Fsp3) is 0.615. The highest BCUT2D eigenvalue weighted by molar-refractivity contribution is 4.67. The number of hydrogen-bond acceptors (Lipinski definition) is 0. The maximum Gasteiger partial charge on any atom is 0.426 e. The van der Waals surface area contributed by atoms with E-state index in [2.05, 4.69) is 6.58 Å². The lowest BCUT2D eigenvalue weighted by Gasteiger charge is -2.01. The van der Waals surface area contributed by atoms with E-state index in [1.165, 1.54) is 12.5 Å². The lowest BCUT2D eigenvalue weighted by molar-refractivity contribution is -0.718. The molecule has 1 aromatic rings. The quantitative estimate of drug-likeness (QED) is 0.385. The molecular formula is C13H20F3N2+. The van der Waals surface area contributed by atoms with Crippen LogP contribution in [0.1, 0.15) is 32.1 Å². The zero-order valence-electron chi connectivity index (χ0n) is 10.5. The minimum Gasteiger partial charge on any atom is -0.237 e. The molecule has 0 unspecified atom stereocenters. The highest BCUT2D eigenvalue weighted by Gasteiger charge is 2.31. The minimum absolute atomic E-state index is 0.777. The van der Waals surface area contributed by atoms with Gasteiger partial charge in [0.1, 0.15) is 12.4 Å². The first kappa shape index (κ1) is 14.8. The second-order valence-corrected chi connectivity index (χ2v) is 4.43. The van der Waals surface area contributed by atoms with E-state index >= 15 is 0 Å². The van der Waals surface area contributed by atoms with E-state index in [0.717, 1.165) is 43.2 Å². The molecule has 18 heavy (non-hydrogen) atoms. The van der Waals surface area contributed by atoms with Crippen LogP contribution in [0.25, 0.3) is 0 Å². The van der Waals surface area contributed by atoms with Gasteiger partial charge in [0.2, 0.25) is 6.33 Å². The number of imidazole rings is 1. The van der Waals surface area contributed by atoms with Crippen LogP contribution >= 0.6 is 0 Å². The van der Waals surface area contributed by atoms with Crippen LogP contribution in [0.5, 0.6) is 0 Å². The third-order valence-electron chi connectivity index (χ3n) is 2.68. The molecule has 0 fully saturated rings. The molecule has 0 spiro atoms. The van der Waals surface area contributed by atoms with Gasteiger partial charge >= 0.3 is 6.18 Å². The Morgan fingerprint density at radius 1 is 1.17 bits per heavy atom. The van der Waals surface area contributed by atoms with E-state index in [9.17, 15) is 13.2 Å². The summed E-state index contributed by atoms with van der Waals surface area (Å²) in [6, 6.07) is 0. The third kappa shape index (κ3) is 6.47. The highest BCUT2D eigenvalue weighted by atomic mass is 19.4. The lowest BCUT2D eigenvalue weighted by Crippen LogP contribution is -2.39. The fourth-order valence-electron chi connectivity index (χ4n) is 1.81. The van der Waals surface area contributed by atoms with Gasteiger partial charge in [-0.3, -0.25) is 0 Å². The maximum absolute atomic E-state index is 12.1. The molecule has 0 aliphatic rings. The summed E-state index contributed by atoms with van der Waals surface area (Å²) in [5, 5.41) is 0. The Labute approximate surface area is 106 Å². The van der Waals surface area contributed by atoms with Crippen LogP contribution in [0.2, 0.25) is 0 Å². The molecule has 0 saturated heterocycles. The average molecular weight is 261 g/mol. The van der Waals surface area contributed by atoms with E-state index < -0.39 is 12.7 Å². The SMILES string of the molecule is C=CCCCCCCn1cc[n+](CC(F)(F)F)c1. The number of halogens is 3. The van der Waals surface area contributed by atoms with Crippen LogP contribution in [0, 0.1) is 0 Å². The molecule has 0 aliphatic carbocycles. The monoisotopic (exact) mass is 261 g/mol. The van der Waals surface area contributed by atoms with Gasteiger partial charge in [0.15, 0.2) is 6.54 Å². The Balaban J connectivity index is 2.21. The number of aromatic nitrogens is 2. The predicted molar refractivity (Wildman–Crippen MR) is 64.0 cm³/mol. The van der Waals surface area contributed by atoms with Crippen LogP contribution in [0.4, 0.5) is 13.2 Å². The summed E-state index contributed by atoms with van der Waals surface area (Å²) in [5.41, 5.74) is 0. The summed E-state index contributed by atoms with van der Waals surface area (Å²) >= 11 is 0. The first-order valence-electron chi connectivity index (χ1n) is 6.24. The maximum atomic E-state index is 12.1. The van der Waals surface area contributed by atoms with Crippen molar-refractivity contribution in [3.8, 4) is 0 Å². The van der Waals surface area contributed by atoms with Crippen molar-refractivity contribution < 1.29 is 17.7 Å². The molecule has 1 heterocycles. The van der Waals surface area contributed by atoms with Gasteiger partial charge in [-0.2, -0.15) is 13.2 Å². The van der Waals surface area contributed by atoms with Gasteiger partial charge < -0.3 is 0 Å². The number of nitrogens with zero attached hydrogens (tertiary/aromatic N) is 2. The normalized spacial score (nSPS) is 11.7. The molecule has 0 radical (unpaired) electrons.